The third-order valence-electron chi connectivity index (χ3n) is 5.51. The van der Waals surface area contributed by atoms with Gasteiger partial charge in [0.05, 0.1) is 119 Å². The average molecular weight is 660 g/mol. The van der Waals surface area contributed by atoms with Crippen LogP contribution in [0.1, 0.15) is 12.5 Å². The fourth-order valence-electron chi connectivity index (χ4n) is 3.18. The van der Waals surface area contributed by atoms with Crippen molar-refractivity contribution in [1.82, 2.24) is 5.32 Å². The summed E-state index contributed by atoms with van der Waals surface area (Å²) in [6.07, 6.45) is -0.473. The van der Waals surface area contributed by atoms with E-state index in [0.717, 1.165) is 5.56 Å². The maximum absolute atomic E-state index is 11.6. The number of rotatable bonds is 33. The molecule has 0 aliphatic carbocycles. The molecule has 14 heteroatoms. The van der Waals surface area contributed by atoms with Gasteiger partial charge in [-0.15, -0.1) is 0 Å². The second kappa shape index (κ2) is 32.3. The molecule has 264 valence electrons. The minimum absolute atomic E-state index is 0.194. The predicted octanol–water partition coefficient (Wildman–Crippen LogP) is 2.18. The van der Waals surface area contributed by atoms with Crippen molar-refractivity contribution in [2.45, 2.75) is 13.5 Å². The molecular formula is C32H53NO13. The molecule has 0 saturated heterocycles. The second-order valence-electron chi connectivity index (χ2n) is 9.42. The van der Waals surface area contributed by atoms with Gasteiger partial charge in [-0.2, -0.15) is 0 Å². The monoisotopic (exact) mass is 659 g/mol. The Labute approximate surface area is 272 Å². The summed E-state index contributed by atoms with van der Waals surface area (Å²) in [6.45, 7) is 14.0. The van der Waals surface area contributed by atoms with Crippen LogP contribution in [0.5, 0.6) is 0 Å². The maximum Gasteiger partial charge on any atom is 0.407 e. The lowest BCUT2D eigenvalue weighted by molar-refractivity contribution is -0.140. The van der Waals surface area contributed by atoms with Crippen molar-refractivity contribution in [3.8, 4) is 0 Å². The van der Waals surface area contributed by atoms with E-state index in [-0.39, 0.29) is 13.2 Å². The lowest BCUT2D eigenvalue weighted by atomic mass is 10.2. The molecular weight excluding hydrogens is 606 g/mol. The number of ether oxygens (including phenoxy) is 11. The Morgan fingerprint density at radius 2 is 0.870 bits per heavy atom. The lowest BCUT2D eigenvalue weighted by Gasteiger charge is -2.09. The molecule has 1 N–H and O–H groups in total. The first-order chi connectivity index (χ1) is 22.6. The van der Waals surface area contributed by atoms with Gasteiger partial charge in [0.2, 0.25) is 0 Å². The van der Waals surface area contributed by atoms with E-state index in [2.05, 4.69) is 11.9 Å². The molecule has 0 spiro atoms. The zero-order valence-electron chi connectivity index (χ0n) is 27.3. The lowest BCUT2D eigenvalue weighted by Crippen LogP contribution is -2.28. The number of esters is 1. The van der Waals surface area contributed by atoms with Gasteiger partial charge in [-0.05, 0) is 12.5 Å². The van der Waals surface area contributed by atoms with Crippen LogP contribution >= 0.6 is 0 Å². The van der Waals surface area contributed by atoms with Crippen LogP contribution < -0.4 is 5.32 Å². The summed E-state index contributed by atoms with van der Waals surface area (Å²) in [7, 11) is 0. The standard InChI is InChI=1S/C32H53NO13/c1-29(2)31(34)45-27-26-44-25-24-43-23-22-42-21-20-41-19-18-40-17-16-39-15-14-38-13-12-37-11-10-36-9-8-33-32(35)46-28-30-6-4-3-5-7-30/h3-7H,1,8-28H2,2H3,(H,33,35). The number of alkyl carbamates (subject to hydrolysis) is 1. The first kappa shape index (κ1) is 41.4. The van der Waals surface area contributed by atoms with Gasteiger partial charge in [-0.1, -0.05) is 36.9 Å². The summed E-state index contributed by atoms with van der Waals surface area (Å²) >= 11 is 0. The maximum atomic E-state index is 11.6. The van der Waals surface area contributed by atoms with E-state index in [1.165, 1.54) is 0 Å². The molecule has 0 heterocycles. The third-order valence-corrected chi connectivity index (χ3v) is 5.51. The number of carbonyl (C=O) groups excluding carboxylic acids is 2. The van der Waals surface area contributed by atoms with Crippen molar-refractivity contribution >= 4 is 12.1 Å². The summed E-state index contributed by atoms with van der Waals surface area (Å²) < 4.78 is 58.8. The Morgan fingerprint density at radius 1 is 0.522 bits per heavy atom. The molecule has 0 aromatic heterocycles. The molecule has 0 unspecified atom stereocenters. The van der Waals surface area contributed by atoms with E-state index in [1.807, 2.05) is 30.3 Å². The molecule has 0 bridgehead atoms. The highest BCUT2D eigenvalue weighted by molar-refractivity contribution is 5.86. The van der Waals surface area contributed by atoms with E-state index < -0.39 is 12.1 Å². The van der Waals surface area contributed by atoms with E-state index in [4.69, 9.17) is 52.1 Å². The van der Waals surface area contributed by atoms with Crippen LogP contribution in [0.2, 0.25) is 0 Å². The minimum Gasteiger partial charge on any atom is -0.460 e. The van der Waals surface area contributed by atoms with Crippen LogP contribution in [-0.2, 0) is 63.5 Å². The van der Waals surface area contributed by atoms with Gasteiger partial charge in [0.25, 0.3) is 0 Å². The van der Waals surface area contributed by atoms with Crippen LogP contribution in [0.3, 0.4) is 0 Å². The first-order valence-corrected chi connectivity index (χ1v) is 15.6. The Bertz CT molecular complexity index is 860. The highest BCUT2D eigenvalue weighted by Crippen LogP contribution is 2.00. The normalized spacial score (nSPS) is 11.0. The van der Waals surface area contributed by atoms with E-state index in [1.54, 1.807) is 6.92 Å². The molecule has 14 nitrogen and oxygen atoms in total. The van der Waals surface area contributed by atoms with Gasteiger partial charge in [0.15, 0.2) is 0 Å². The highest BCUT2D eigenvalue weighted by Gasteiger charge is 2.03. The van der Waals surface area contributed by atoms with E-state index in [9.17, 15) is 9.59 Å². The summed E-state index contributed by atoms with van der Waals surface area (Å²) in [5.41, 5.74) is 1.30. The van der Waals surface area contributed by atoms with Crippen LogP contribution in [0.25, 0.3) is 0 Å². The van der Waals surface area contributed by atoms with Crippen LogP contribution in [0, 0.1) is 0 Å². The summed E-state index contributed by atoms with van der Waals surface area (Å²) in [5.74, 6) is -0.417. The van der Waals surface area contributed by atoms with Gasteiger partial charge in [0.1, 0.15) is 13.2 Å². The topological polar surface area (TPSA) is 148 Å². The van der Waals surface area contributed by atoms with Gasteiger partial charge >= 0.3 is 12.1 Å². The minimum atomic E-state index is -0.473. The first-order valence-electron chi connectivity index (χ1n) is 15.6. The summed E-state index contributed by atoms with van der Waals surface area (Å²) in [4.78, 5) is 22.8. The molecule has 46 heavy (non-hydrogen) atoms. The molecule has 1 aromatic carbocycles. The quantitative estimate of drug-likeness (QED) is 0.0669. The number of amides is 1. The Balaban J connectivity index is 1.65. The fourth-order valence-corrected chi connectivity index (χ4v) is 3.18. The van der Waals surface area contributed by atoms with Crippen molar-refractivity contribution in [2.75, 3.05) is 132 Å². The fraction of sp³-hybridized carbons (Fsp3) is 0.688. The smallest absolute Gasteiger partial charge is 0.407 e. The Hall–Kier alpha value is -2.66. The van der Waals surface area contributed by atoms with Crippen molar-refractivity contribution in [1.29, 1.82) is 0 Å². The molecule has 0 atom stereocenters. The number of hydrogen-bond acceptors (Lipinski definition) is 13. The van der Waals surface area contributed by atoms with Crippen LogP contribution in [0.15, 0.2) is 42.5 Å². The van der Waals surface area contributed by atoms with Gasteiger partial charge in [0, 0.05) is 12.1 Å². The summed E-state index contributed by atoms with van der Waals surface area (Å²) in [5, 5.41) is 2.64. The Morgan fingerprint density at radius 3 is 1.24 bits per heavy atom. The average Bonchev–Trinajstić information content (AvgIpc) is 3.06. The van der Waals surface area contributed by atoms with Crippen LogP contribution in [-0.4, -0.2) is 144 Å². The number of carbonyl (C=O) groups is 2. The van der Waals surface area contributed by atoms with E-state index >= 15 is 0 Å². The summed E-state index contributed by atoms with van der Waals surface area (Å²) in [6, 6.07) is 9.49. The van der Waals surface area contributed by atoms with Crippen LogP contribution in [0.4, 0.5) is 4.79 Å². The molecule has 0 aliphatic heterocycles. The zero-order valence-corrected chi connectivity index (χ0v) is 27.3. The molecule has 0 radical (unpaired) electrons. The molecule has 0 aliphatic rings. The van der Waals surface area contributed by atoms with Crippen molar-refractivity contribution in [3.63, 3.8) is 0 Å². The van der Waals surface area contributed by atoms with Gasteiger partial charge in [-0.3, -0.25) is 0 Å². The number of nitrogens with one attached hydrogen (secondary N) is 1. The van der Waals surface area contributed by atoms with Gasteiger partial charge in [-0.25, -0.2) is 9.59 Å². The molecule has 0 fully saturated rings. The number of hydrogen-bond donors (Lipinski definition) is 1. The zero-order chi connectivity index (χ0) is 33.2. The molecule has 1 rings (SSSR count). The van der Waals surface area contributed by atoms with Gasteiger partial charge < -0.3 is 57.4 Å². The van der Waals surface area contributed by atoms with E-state index in [0.29, 0.717) is 131 Å². The second-order valence-corrected chi connectivity index (χ2v) is 9.42. The predicted molar refractivity (Wildman–Crippen MR) is 168 cm³/mol. The Kier molecular flexibility index (Phi) is 29.0. The molecule has 1 aromatic rings. The van der Waals surface area contributed by atoms with Crippen molar-refractivity contribution in [2.24, 2.45) is 0 Å². The van der Waals surface area contributed by atoms with Crippen molar-refractivity contribution in [3.05, 3.63) is 48.0 Å². The molecule has 0 saturated carbocycles. The largest absolute Gasteiger partial charge is 0.460 e. The molecule has 1 amide bonds. The van der Waals surface area contributed by atoms with Crippen molar-refractivity contribution < 1.29 is 61.7 Å². The third kappa shape index (κ3) is 28.8. The number of benzene rings is 1. The SMILES string of the molecule is C=C(C)C(=O)OCCOCCOCCOCCOCCOCCOCCOCCOCCOCCNC(=O)OCc1ccccc1. The highest BCUT2D eigenvalue weighted by atomic mass is 16.6.